The fourth-order valence-electron chi connectivity index (χ4n) is 2.36. The van der Waals surface area contributed by atoms with Crippen LogP contribution in [-0.2, 0) is 10.2 Å². The van der Waals surface area contributed by atoms with Crippen LogP contribution in [0.1, 0.15) is 37.1 Å². The van der Waals surface area contributed by atoms with E-state index in [-0.39, 0.29) is 0 Å². The van der Waals surface area contributed by atoms with Crippen LogP contribution < -0.4 is 9.47 Å². The Balaban J connectivity index is 2.62. The van der Waals surface area contributed by atoms with E-state index in [2.05, 4.69) is 0 Å². The molecule has 0 radical (unpaired) electrons. The van der Waals surface area contributed by atoms with Crippen molar-refractivity contribution in [3.8, 4) is 11.5 Å². The highest BCUT2D eigenvalue weighted by molar-refractivity contribution is 5.86. The Morgan fingerprint density at radius 1 is 1.32 bits per heavy atom. The predicted octanol–water partition coefficient (Wildman–Crippen LogP) is 2.85. The van der Waals surface area contributed by atoms with E-state index >= 15 is 0 Å². The molecule has 1 atom stereocenters. The lowest BCUT2D eigenvalue weighted by Crippen LogP contribution is -2.21. The molecule has 1 saturated carbocycles. The number of halogens is 1. The fourth-order valence-corrected chi connectivity index (χ4v) is 2.36. The molecule has 0 heterocycles. The molecule has 1 aromatic carbocycles. The second-order valence-electron chi connectivity index (χ2n) is 4.80. The molecule has 1 aliphatic carbocycles. The van der Waals surface area contributed by atoms with Gasteiger partial charge < -0.3 is 14.6 Å². The third-order valence-corrected chi connectivity index (χ3v) is 3.66. The minimum atomic E-state index is -1.26. The van der Waals surface area contributed by atoms with Gasteiger partial charge in [0.15, 0.2) is 11.5 Å². The average molecular weight is 268 g/mol. The first-order valence-corrected chi connectivity index (χ1v) is 6.10. The van der Waals surface area contributed by atoms with E-state index in [0.29, 0.717) is 35.5 Å². The Labute approximate surface area is 111 Å². The monoisotopic (exact) mass is 268 g/mol. The molecule has 19 heavy (non-hydrogen) atoms. The van der Waals surface area contributed by atoms with Crippen LogP contribution in [0.5, 0.6) is 11.5 Å². The van der Waals surface area contributed by atoms with Crippen molar-refractivity contribution in [2.24, 2.45) is 0 Å². The van der Waals surface area contributed by atoms with Crippen molar-refractivity contribution in [3.05, 3.63) is 23.3 Å². The second kappa shape index (κ2) is 4.72. The highest BCUT2D eigenvalue weighted by Crippen LogP contribution is 2.52. The van der Waals surface area contributed by atoms with Crippen LogP contribution in [0.2, 0.25) is 0 Å². The summed E-state index contributed by atoms with van der Waals surface area (Å²) >= 11 is 0. The van der Waals surface area contributed by atoms with E-state index in [1.54, 1.807) is 6.07 Å². The third-order valence-electron chi connectivity index (χ3n) is 3.66. The molecule has 0 aromatic heterocycles. The van der Waals surface area contributed by atoms with Crippen LogP contribution in [0.15, 0.2) is 12.1 Å². The van der Waals surface area contributed by atoms with Gasteiger partial charge in [0.25, 0.3) is 0 Å². The molecule has 0 bridgehead atoms. The molecule has 5 heteroatoms. The van der Waals surface area contributed by atoms with E-state index in [0.717, 1.165) is 0 Å². The first kappa shape index (κ1) is 13.6. The van der Waals surface area contributed by atoms with Crippen LogP contribution in [-0.4, -0.2) is 25.3 Å². The summed E-state index contributed by atoms with van der Waals surface area (Å²) in [5, 5.41) is 9.36. The molecule has 0 saturated heterocycles. The number of benzene rings is 1. The smallest absolute Gasteiger partial charge is 0.314 e. The Morgan fingerprint density at radius 3 is 2.21 bits per heavy atom. The number of hydrogen-bond acceptors (Lipinski definition) is 3. The largest absolute Gasteiger partial charge is 0.493 e. The molecule has 0 amide bonds. The topological polar surface area (TPSA) is 55.8 Å². The number of ether oxygens (including phenoxy) is 2. The van der Waals surface area contributed by atoms with Crippen molar-refractivity contribution in [3.63, 3.8) is 0 Å². The van der Waals surface area contributed by atoms with Gasteiger partial charge in [-0.1, -0.05) is 0 Å². The Kier molecular flexibility index (Phi) is 3.39. The molecular formula is C14H17FO4. The zero-order valence-corrected chi connectivity index (χ0v) is 11.2. The van der Waals surface area contributed by atoms with Gasteiger partial charge in [-0.3, -0.25) is 4.79 Å². The van der Waals surface area contributed by atoms with Crippen molar-refractivity contribution < 1.29 is 23.8 Å². The lowest BCUT2D eigenvalue weighted by molar-refractivity contribution is -0.140. The van der Waals surface area contributed by atoms with Crippen molar-refractivity contribution in [1.29, 1.82) is 0 Å². The quantitative estimate of drug-likeness (QED) is 0.892. The van der Waals surface area contributed by atoms with Gasteiger partial charge in [0.1, 0.15) is 6.17 Å². The minimum absolute atomic E-state index is 0.359. The van der Waals surface area contributed by atoms with Crippen molar-refractivity contribution in [1.82, 2.24) is 0 Å². The van der Waals surface area contributed by atoms with Crippen LogP contribution in [0.25, 0.3) is 0 Å². The second-order valence-corrected chi connectivity index (χ2v) is 4.80. The summed E-state index contributed by atoms with van der Waals surface area (Å²) in [4.78, 5) is 11.4. The molecular weight excluding hydrogens is 251 g/mol. The Morgan fingerprint density at radius 2 is 1.84 bits per heavy atom. The number of carbonyl (C=O) groups is 1. The van der Waals surface area contributed by atoms with Gasteiger partial charge >= 0.3 is 5.97 Å². The fraction of sp³-hybridized carbons (Fsp3) is 0.500. The number of aliphatic carboxylic acids is 1. The van der Waals surface area contributed by atoms with E-state index in [9.17, 15) is 14.3 Å². The molecule has 1 aromatic rings. The maximum atomic E-state index is 13.8. The van der Waals surface area contributed by atoms with Crippen molar-refractivity contribution in [2.45, 2.75) is 31.4 Å². The lowest BCUT2D eigenvalue weighted by atomic mass is 9.89. The summed E-state index contributed by atoms with van der Waals surface area (Å²) in [6, 6.07) is 3.12. The molecule has 0 spiro atoms. The number of hydrogen-bond donors (Lipinski definition) is 1. The molecule has 104 valence electrons. The molecule has 1 N–H and O–H groups in total. The number of carboxylic acids is 1. The normalized spacial score (nSPS) is 17.7. The van der Waals surface area contributed by atoms with Gasteiger partial charge in [0, 0.05) is 0 Å². The molecule has 1 aliphatic rings. The highest BCUT2D eigenvalue weighted by atomic mass is 19.1. The van der Waals surface area contributed by atoms with E-state index in [1.165, 1.54) is 27.2 Å². The lowest BCUT2D eigenvalue weighted by Gasteiger charge is -2.19. The van der Waals surface area contributed by atoms with E-state index in [4.69, 9.17) is 9.47 Å². The van der Waals surface area contributed by atoms with Gasteiger partial charge in [0.05, 0.1) is 19.6 Å². The maximum Gasteiger partial charge on any atom is 0.314 e. The molecule has 1 fully saturated rings. The number of methoxy groups -OCH3 is 2. The van der Waals surface area contributed by atoms with Crippen LogP contribution in [0.3, 0.4) is 0 Å². The summed E-state index contributed by atoms with van der Waals surface area (Å²) in [6.45, 7) is 1.39. The van der Waals surface area contributed by atoms with Crippen molar-refractivity contribution in [2.75, 3.05) is 14.2 Å². The number of carboxylic acid groups (broad SMARTS) is 1. The standard InChI is InChI=1S/C14H17FO4/c1-8(15)9-6-11(18-2)12(19-3)7-10(9)14(4-5-14)13(16)17/h6-8H,4-5H2,1-3H3,(H,16,17). The third kappa shape index (κ3) is 2.13. The Bertz CT molecular complexity index is 506. The van der Waals surface area contributed by atoms with E-state index in [1.807, 2.05) is 0 Å². The highest BCUT2D eigenvalue weighted by Gasteiger charge is 2.53. The van der Waals surface area contributed by atoms with E-state index < -0.39 is 17.6 Å². The van der Waals surface area contributed by atoms with Gasteiger partial charge in [0.2, 0.25) is 0 Å². The maximum absolute atomic E-state index is 13.8. The number of alkyl halides is 1. The van der Waals surface area contributed by atoms with Crippen LogP contribution >= 0.6 is 0 Å². The summed E-state index contributed by atoms with van der Waals surface area (Å²) in [7, 11) is 2.94. The molecule has 2 rings (SSSR count). The summed E-state index contributed by atoms with van der Waals surface area (Å²) in [5.74, 6) is -0.0806. The first-order chi connectivity index (χ1) is 8.96. The SMILES string of the molecule is COc1cc(C(C)F)c(C2(C(=O)O)CC2)cc1OC. The Hall–Kier alpha value is -1.78. The summed E-state index contributed by atoms with van der Waals surface area (Å²) in [5.41, 5.74) is -0.111. The van der Waals surface area contributed by atoms with Gasteiger partial charge in [-0.25, -0.2) is 4.39 Å². The summed E-state index contributed by atoms with van der Waals surface area (Å²) in [6.07, 6.45) is -0.207. The molecule has 0 aliphatic heterocycles. The predicted molar refractivity (Wildman–Crippen MR) is 67.6 cm³/mol. The zero-order valence-electron chi connectivity index (χ0n) is 11.2. The van der Waals surface area contributed by atoms with Gasteiger partial charge in [-0.15, -0.1) is 0 Å². The summed E-state index contributed by atoms with van der Waals surface area (Å²) < 4.78 is 24.1. The minimum Gasteiger partial charge on any atom is -0.493 e. The first-order valence-electron chi connectivity index (χ1n) is 6.10. The van der Waals surface area contributed by atoms with Gasteiger partial charge in [-0.05, 0) is 43.0 Å². The molecule has 4 nitrogen and oxygen atoms in total. The van der Waals surface area contributed by atoms with Crippen molar-refractivity contribution >= 4 is 5.97 Å². The molecule has 1 unspecified atom stereocenters. The zero-order chi connectivity index (χ0) is 14.2. The van der Waals surface area contributed by atoms with Crippen LogP contribution in [0, 0.1) is 0 Å². The van der Waals surface area contributed by atoms with Crippen LogP contribution in [0.4, 0.5) is 4.39 Å². The van der Waals surface area contributed by atoms with Gasteiger partial charge in [-0.2, -0.15) is 0 Å². The average Bonchev–Trinajstić information content (AvgIpc) is 3.18. The number of rotatable bonds is 5.